The fourth-order valence-electron chi connectivity index (χ4n) is 3.60. The lowest BCUT2D eigenvalue weighted by Gasteiger charge is -2.41. The minimum atomic E-state index is -0.490. The highest BCUT2D eigenvalue weighted by molar-refractivity contribution is 5.76. The van der Waals surface area contributed by atoms with Gasteiger partial charge in [-0.1, -0.05) is 19.3 Å². The van der Waals surface area contributed by atoms with Crippen molar-refractivity contribution < 1.29 is 9.59 Å². The lowest BCUT2D eigenvalue weighted by atomic mass is 9.75. The van der Waals surface area contributed by atoms with Crippen molar-refractivity contribution in [2.45, 2.75) is 51.4 Å². The number of nitrogens with one attached hydrogen (secondary N) is 1. The summed E-state index contributed by atoms with van der Waals surface area (Å²) in [6.45, 7) is 2.48. The van der Waals surface area contributed by atoms with Gasteiger partial charge in [0, 0.05) is 26.1 Å². The number of nitrogens with two attached hydrogens (primary N) is 1. The number of nitrogens with zero attached hydrogens (tertiary/aromatic N) is 1. The van der Waals surface area contributed by atoms with E-state index in [0.29, 0.717) is 13.0 Å². The lowest BCUT2D eigenvalue weighted by Crippen LogP contribution is -2.44. The average molecular weight is 281 g/mol. The zero-order chi connectivity index (χ0) is 14.4. The number of hydrogen-bond acceptors (Lipinski definition) is 2. The fourth-order valence-corrected chi connectivity index (χ4v) is 3.60. The summed E-state index contributed by atoms with van der Waals surface area (Å²) in [5.74, 6) is 1.90. The van der Waals surface area contributed by atoms with E-state index >= 15 is 0 Å². The first-order chi connectivity index (χ1) is 9.66. The summed E-state index contributed by atoms with van der Waals surface area (Å²) in [6.07, 6.45) is 8.81. The quantitative estimate of drug-likeness (QED) is 0.755. The predicted molar refractivity (Wildman–Crippen MR) is 78.1 cm³/mol. The van der Waals surface area contributed by atoms with E-state index in [0.717, 1.165) is 37.8 Å². The van der Waals surface area contributed by atoms with Crippen molar-refractivity contribution in [1.82, 2.24) is 10.2 Å². The molecule has 20 heavy (non-hydrogen) atoms. The number of fused-ring (bicyclic) bond motifs is 1. The third-order valence-corrected chi connectivity index (χ3v) is 4.76. The highest BCUT2D eigenvalue weighted by Crippen LogP contribution is 2.36. The maximum atomic E-state index is 12.2. The number of hydrogen-bond donors (Lipinski definition) is 2. The van der Waals surface area contributed by atoms with E-state index in [1.165, 1.54) is 32.1 Å². The van der Waals surface area contributed by atoms with Gasteiger partial charge in [-0.05, 0) is 37.5 Å². The second-order valence-electron chi connectivity index (χ2n) is 6.18. The predicted octanol–water partition coefficient (Wildman–Crippen LogP) is 1.86. The van der Waals surface area contributed by atoms with Crippen molar-refractivity contribution in [3.05, 3.63) is 0 Å². The van der Waals surface area contributed by atoms with Gasteiger partial charge in [0.15, 0.2) is 0 Å². The molecule has 0 aromatic heterocycles. The Balaban J connectivity index is 1.64. The Kier molecular flexibility index (Phi) is 5.68. The molecule has 2 aliphatic rings. The number of urea groups is 1. The van der Waals surface area contributed by atoms with Crippen LogP contribution in [0.3, 0.4) is 0 Å². The highest BCUT2D eigenvalue weighted by atomic mass is 16.2. The molecule has 5 nitrogen and oxygen atoms in total. The number of carbonyl (C=O) groups is 2. The van der Waals surface area contributed by atoms with Crippen LogP contribution in [-0.2, 0) is 4.79 Å². The molecule has 114 valence electrons. The first kappa shape index (κ1) is 15.1. The fraction of sp³-hybridized carbons (Fsp3) is 0.867. The summed E-state index contributed by atoms with van der Waals surface area (Å²) in [7, 11) is 0. The molecule has 0 spiro atoms. The SMILES string of the molecule is NC(=O)NCCCCC(=O)N1CC[C@@H]2CCCC[C@H]2C1. The minimum absolute atomic E-state index is 0.285. The maximum Gasteiger partial charge on any atom is 0.312 e. The van der Waals surface area contributed by atoms with E-state index in [4.69, 9.17) is 5.73 Å². The molecule has 2 rings (SSSR count). The molecule has 0 aromatic carbocycles. The minimum Gasteiger partial charge on any atom is -0.352 e. The first-order valence-electron chi connectivity index (χ1n) is 7.98. The van der Waals surface area contributed by atoms with E-state index in [1.54, 1.807) is 0 Å². The van der Waals surface area contributed by atoms with Gasteiger partial charge in [-0.3, -0.25) is 4.79 Å². The normalized spacial score (nSPS) is 25.9. The van der Waals surface area contributed by atoms with Crippen molar-refractivity contribution in [3.63, 3.8) is 0 Å². The monoisotopic (exact) mass is 281 g/mol. The van der Waals surface area contributed by atoms with Gasteiger partial charge in [0.05, 0.1) is 0 Å². The third kappa shape index (κ3) is 4.39. The number of likely N-dealkylation sites (tertiary alicyclic amines) is 1. The van der Waals surface area contributed by atoms with Crippen LogP contribution in [0.15, 0.2) is 0 Å². The molecule has 0 bridgehead atoms. The molecule has 2 fully saturated rings. The van der Waals surface area contributed by atoms with E-state index in [-0.39, 0.29) is 5.91 Å². The molecule has 2 atom stereocenters. The molecule has 5 heteroatoms. The maximum absolute atomic E-state index is 12.2. The second-order valence-corrected chi connectivity index (χ2v) is 6.18. The van der Waals surface area contributed by atoms with Crippen molar-refractivity contribution in [3.8, 4) is 0 Å². The lowest BCUT2D eigenvalue weighted by molar-refractivity contribution is -0.134. The smallest absolute Gasteiger partial charge is 0.312 e. The Morgan fingerprint density at radius 2 is 1.85 bits per heavy atom. The summed E-state index contributed by atoms with van der Waals surface area (Å²) in [5.41, 5.74) is 4.99. The van der Waals surface area contributed by atoms with Gasteiger partial charge in [-0.15, -0.1) is 0 Å². The Hall–Kier alpha value is -1.26. The Bertz CT molecular complexity index is 346. The molecular weight excluding hydrogens is 254 g/mol. The zero-order valence-electron chi connectivity index (χ0n) is 12.3. The van der Waals surface area contributed by atoms with Crippen molar-refractivity contribution >= 4 is 11.9 Å². The summed E-state index contributed by atoms with van der Waals surface area (Å²) < 4.78 is 0. The van der Waals surface area contributed by atoms with Crippen molar-refractivity contribution in [2.24, 2.45) is 17.6 Å². The molecule has 1 aliphatic carbocycles. The van der Waals surface area contributed by atoms with E-state index in [1.807, 2.05) is 0 Å². The molecule has 0 aromatic rings. The Morgan fingerprint density at radius 1 is 1.10 bits per heavy atom. The molecule has 0 unspecified atom stereocenters. The summed E-state index contributed by atoms with van der Waals surface area (Å²) in [4.78, 5) is 24.8. The number of carbonyl (C=O) groups excluding carboxylic acids is 2. The molecule has 3 N–H and O–H groups in total. The standard InChI is InChI=1S/C15H27N3O2/c16-15(20)17-9-4-3-7-14(19)18-10-8-12-5-1-2-6-13(12)11-18/h12-13H,1-11H2,(H3,16,17,20)/t12-,13-/m0/s1. The van der Waals surface area contributed by atoms with Gasteiger partial charge >= 0.3 is 6.03 Å². The van der Waals surface area contributed by atoms with Gasteiger partial charge in [0.2, 0.25) is 5.91 Å². The van der Waals surface area contributed by atoms with Crippen LogP contribution in [0.4, 0.5) is 4.79 Å². The second kappa shape index (κ2) is 7.50. The average Bonchev–Trinajstić information content (AvgIpc) is 2.46. The Labute approximate surface area is 121 Å². The van der Waals surface area contributed by atoms with Crippen LogP contribution in [-0.4, -0.2) is 36.5 Å². The Morgan fingerprint density at radius 3 is 2.60 bits per heavy atom. The van der Waals surface area contributed by atoms with Crippen LogP contribution >= 0.6 is 0 Å². The number of amides is 3. The van der Waals surface area contributed by atoms with Gasteiger partial charge in [0.1, 0.15) is 0 Å². The van der Waals surface area contributed by atoms with Gasteiger partial charge in [-0.25, -0.2) is 4.79 Å². The zero-order valence-corrected chi connectivity index (χ0v) is 12.3. The number of primary amides is 1. The number of unbranched alkanes of at least 4 members (excludes halogenated alkanes) is 1. The van der Waals surface area contributed by atoms with Gasteiger partial charge in [0.25, 0.3) is 0 Å². The van der Waals surface area contributed by atoms with Crippen molar-refractivity contribution in [1.29, 1.82) is 0 Å². The molecule has 0 radical (unpaired) electrons. The summed E-state index contributed by atoms with van der Waals surface area (Å²) in [6, 6.07) is -0.490. The van der Waals surface area contributed by atoms with E-state index in [9.17, 15) is 9.59 Å². The van der Waals surface area contributed by atoms with E-state index < -0.39 is 6.03 Å². The first-order valence-corrected chi connectivity index (χ1v) is 7.98. The topological polar surface area (TPSA) is 75.4 Å². The highest BCUT2D eigenvalue weighted by Gasteiger charge is 2.32. The number of piperidine rings is 1. The van der Waals surface area contributed by atoms with Gasteiger partial charge in [-0.2, -0.15) is 0 Å². The van der Waals surface area contributed by atoms with Crippen LogP contribution in [0.2, 0.25) is 0 Å². The molecular formula is C15H27N3O2. The van der Waals surface area contributed by atoms with Crippen LogP contribution in [0.5, 0.6) is 0 Å². The molecule has 1 saturated heterocycles. The molecule has 1 saturated carbocycles. The molecule has 1 heterocycles. The van der Waals surface area contributed by atoms with Crippen molar-refractivity contribution in [2.75, 3.05) is 19.6 Å². The molecule has 1 aliphatic heterocycles. The third-order valence-electron chi connectivity index (χ3n) is 4.76. The largest absolute Gasteiger partial charge is 0.352 e. The summed E-state index contributed by atoms with van der Waals surface area (Å²) >= 11 is 0. The van der Waals surface area contributed by atoms with E-state index in [2.05, 4.69) is 10.2 Å². The van der Waals surface area contributed by atoms with Gasteiger partial charge < -0.3 is 16.0 Å². The van der Waals surface area contributed by atoms with Crippen LogP contribution in [0.1, 0.15) is 51.4 Å². The molecule has 3 amide bonds. The van der Waals surface area contributed by atoms with Crippen LogP contribution in [0.25, 0.3) is 0 Å². The van der Waals surface area contributed by atoms with Crippen LogP contribution < -0.4 is 11.1 Å². The van der Waals surface area contributed by atoms with Crippen LogP contribution in [0, 0.1) is 11.8 Å². The number of rotatable bonds is 5. The summed E-state index contributed by atoms with van der Waals surface area (Å²) in [5, 5.41) is 2.55.